The maximum atomic E-state index is 10.9. The van der Waals surface area contributed by atoms with Gasteiger partial charge in [-0.05, 0) is 10.8 Å². The molecule has 2 rings (SSSR count). The molecular weight excluding hydrogens is 220 g/mol. The van der Waals surface area contributed by atoms with Crippen LogP contribution in [0.15, 0.2) is 30.3 Å². The van der Waals surface area contributed by atoms with Crippen molar-refractivity contribution in [1.82, 2.24) is 20.2 Å². The molecule has 0 amide bonds. The van der Waals surface area contributed by atoms with Crippen LogP contribution in [0.3, 0.4) is 0 Å². The van der Waals surface area contributed by atoms with Gasteiger partial charge >= 0.3 is 5.97 Å². The van der Waals surface area contributed by atoms with Gasteiger partial charge in [0.25, 0.3) is 0 Å². The molecule has 0 aliphatic heterocycles. The van der Waals surface area contributed by atoms with E-state index in [-0.39, 0.29) is 12.3 Å². The first-order valence-electron chi connectivity index (χ1n) is 5.17. The van der Waals surface area contributed by atoms with E-state index in [1.807, 2.05) is 30.3 Å². The summed E-state index contributed by atoms with van der Waals surface area (Å²) in [5, 5.41) is 20.6. The van der Waals surface area contributed by atoms with Crippen LogP contribution in [0, 0.1) is 0 Å². The van der Waals surface area contributed by atoms with Crippen molar-refractivity contribution in [2.24, 2.45) is 7.05 Å². The molecule has 0 aliphatic carbocycles. The molecule has 1 unspecified atom stereocenters. The fraction of sp³-hybridized carbons (Fsp3) is 0.273. The predicted molar refractivity (Wildman–Crippen MR) is 59.3 cm³/mol. The highest BCUT2D eigenvalue weighted by Crippen LogP contribution is 2.24. The van der Waals surface area contributed by atoms with Crippen LogP contribution < -0.4 is 0 Å². The third kappa shape index (κ3) is 2.66. The van der Waals surface area contributed by atoms with Crippen molar-refractivity contribution in [2.75, 3.05) is 0 Å². The van der Waals surface area contributed by atoms with Gasteiger partial charge in [-0.15, -0.1) is 10.2 Å². The minimum Gasteiger partial charge on any atom is -0.481 e. The molecule has 6 nitrogen and oxygen atoms in total. The minimum atomic E-state index is -0.883. The molecule has 0 aliphatic rings. The van der Waals surface area contributed by atoms with E-state index in [4.69, 9.17) is 5.11 Å². The Balaban J connectivity index is 2.35. The maximum Gasteiger partial charge on any atom is 0.304 e. The largest absolute Gasteiger partial charge is 0.481 e. The second kappa shape index (κ2) is 4.73. The maximum absolute atomic E-state index is 10.9. The summed E-state index contributed by atoms with van der Waals surface area (Å²) in [6.45, 7) is 0. The second-order valence-corrected chi connectivity index (χ2v) is 3.70. The minimum absolute atomic E-state index is 0.0459. The van der Waals surface area contributed by atoms with Crippen molar-refractivity contribution in [2.45, 2.75) is 12.3 Å². The number of carboxylic acid groups (broad SMARTS) is 1. The van der Waals surface area contributed by atoms with Crippen LogP contribution in [-0.2, 0) is 11.8 Å². The van der Waals surface area contributed by atoms with E-state index in [0.29, 0.717) is 5.82 Å². The van der Waals surface area contributed by atoms with Crippen molar-refractivity contribution >= 4 is 5.97 Å². The third-order valence-electron chi connectivity index (χ3n) is 2.42. The monoisotopic (exact) mass is 232 g/mol. The van der Waals surface area contributed by atoms with E-state index >= 15 is 0 Å². The average Bonchev–Trinajstić information content (AvgIpc) is 2.73. The number of carboxylic acids is 1. The third-order valence-corrected chi connectivity index (χ3v) is 2.42. The van der Waals surface area contributed by atoms with Crippen LogP contribution in [0.2, 0.25) is 0 Å². The molecule has 1 N–H and O–H groups in total. The Morgan fingerprint density at radius 3 is 2.65 bits per heavy atom. The Kier molecular flexibility index (Phi) is 3.13. The highest BCUT2D eigenvalue weighted by Gasteiger charge is 2.22. The molecule has 2 aromatic rings. The molecule has 1 atom stereocenters. The standard InChI is InChI=1S/C11H12N4O2/c1-15-13-11(12-14-15)9(7-10(16)17)8-5-3-2-4-6-8/h2-6,9H,7H2,1H3,(H,16,17). The normalized spacial score (nSPS) is 12.3. The van der Waals surface area contributed by atoms with Crippen molar-refractivity contribution in [3.05, 3.63) is 41.7 Å². The first-order chi connectivity index (χ1) is 8.16. The number of aryl methyl sites for hydroxylation is 1. The van der Waals surface area contributed by atoms with Gasteiger partial charge in [0.05, 0.1) is 19.4 Å². The number of carbonyl (C=O) groups is 1. The van der Waals surface area contributed by atoms with E-state index in [1.54, 1.807) is 7.05 Å². The van der Waals surface area contributed by atoms with Crippen LogP contribution in [0.4, 0.5) is 0 Å². The smallest absolute Gasteiger partial charge is 0.304 e. The zero-order valence-electron chi connectivity index (χ0n) is 9.32. The van der Waals surface area contributed by atoms with Crippen LogP contribution in [0.25, 0.3) is 0 Å². The van der Waals surface area contributed by atoms with Gasteiger partial charge in [0, 0.05) is 0 Å². The molecule has 1 heterocycles. The van der Waals surface area contributed by atoms with E-state index in [1.165, 1.54) is 4.80 Å². The Bertz CT molecular complexity index is 509. The lowest BCUT2D eigenvalue weighted by atomic mass is 9.95. The zero-order valence-corrected chi connectivity index (χ0v) is 9.32. The number of rotatable bonds is 4. The SMILES string of the molecule is Cn1nnc(C(CC(=O)O)c2ccccc2)n1. The Labute approximate surface area is 97.9 Å². The zero-order chi connectivity index (χ0) is 12.3. The van der Waals surface area contributed by atoms with Crippen LogP contribution in [0.5, 0.6) is 0 Å². The van der Waals surface area contributed by atoms with Crippen LogP contribution in [0.1, 0.15) is 23.7 Å². The quantitative estimate of drug-likeness (QED) is 0.843. The molecule has 1 aromatic heterocycles. The average molecular weight is 232 g/mol. The van der Waals surface area contributed by atoms with Gasteiger partial charge in [-0.3, -0.25) is 4.79 Å². The predicted octanol–water partition coefficient (Wildman–Crippen LogP) is 0.817. The van der Waals surface area contributed by atoms with Gasteiger partial charge in [-0.2, -0.15) is 4.80 Å². The second-order valence-electron chi connectivity index (χ2n) is 3.70. The highest BCUT2D eigenvalue weighted by molar-refractivity contribution is 5.68. The fourth-order valence-corrected chi connectivity index (χ4v) is 1.66. The molecule has 0 radical (unpaired) electrons. The summed E-state index contributed by atoms with van der Waals surface area (Å²) in [6.07, 6.45) is -0.0459. The van der Waals surface area contributed by atoms with Crippen molar-refractivity contribution in [1.29, 1.82) is 0 Å². The lowest BCUT2D eigenvalue weighted by molar-refractivity contribution is -0.137. The summed E-state index contributed by atoms with van der Waals surface area (Å²) in [4.78, 5) is 12.2. The number of nitrogens with zero attached hydrogens (tertiary/aromatic N) is 4. The Hall–Kier alpha value is -2.24. The molecule has 0 spiro atoms. The van der Waals surface area contributed by atoms with Gasteiger partial charge in [0.1, 0.15) is 0 Å². The van der Waals surface area contributed by atoms with Crippen molar-refractivity contribution < 1.29 is 9.90 Å². The number of aliphatic carboxylic acids is 1. The summed E-state index contributed by atoms with van der Waals surface area (Å²) >= 11 is 0. The first kappa shape index (κ1) is 11.3. The van der Waals surface area contributed by atoms with Crippen molar-refractivity contribution in [3.8, 4) is 0 Å². The molecule has 6 heteroatoms. The van der Waals surface area contributed by atoms with Gasteiger partial charge in [0.2, 0.25) is 0 Å². The molecule has 0 bridgehead atoms. The fourth-order valence-electron chi connectivity index (χ4n) is 1.66. The number of aromatic nitrogens is 4. The summed E-state index contributed by atoms with van der Waals surface area (Å²) in [7, 11) is 1.65. The topological polar surface area (TPSA) is 80.9 Å². The van der Waals surface area contributed by atoms with E-state index in [9.17, 15) is 4.79 Å². The lowest BCUT2D eigenvalue weighted by Gasteiger charge is -2.10. The van der Waals surface area contributed by atoms with E-state index < -0.39 is 5.97 Å². The molecule has 88 valence electrons. The first-order valence-corrected chi connectivity index (χ1v) is 5.17. The molecule has 0 saturated heterocycles. The van der Waals surface area contributed by atoms with Gasteiger partial charge in [-0.1, -0.05) is 30.3 Å². The van der Waals surface area contributed by atoms with Crippen molar-refractivity contribution in [3.63, 3.8) is 0 Å². The number of hydrogen-bond donors (Lipinski definition) is 1. The lowest BCUT2D eigenvalue weighted by Crippen LogP contribution is -2.10. The van der Waals surface area contributed by atoms with Gasteiger partial charge in [0.15, 0.2) is 5.82 Å². The molecule has 0 saturated carbocycles. The molecule has 0 fully saturated rings. The molecule has 17 heavy (non-hydrogen) atoms. The van der Waals surface area contributed by atoms with E-state index in [2.05, 4.69) is 15.4 Å². The van der Waals surface area contributed by atoms with Gasteiger partial charge < -0.3 is 5.11 Å². The number of tetrazole rings is 1. The molecular formula is C11H12N4O2. The van der Waals surface area contributed by atoms with Crippen LogP contribution >= 0.6 is 0 Å². The molecule has 1 aromatic carbocycles. The highest BCUT2D eigenvalue weighted by atomic mass is 16.4. The van der Waals surface area contributed by atoms with E-state index in [0.717, 1.165) is 5.56 Å². The van der Waals surface area contributed by atoms with Crippen LogP contribution in [-0.4, -0.2) is 31.3 Å². The van der Waals surface area contributed by atoms with Gasteiger partial charge in [-0.25, -0.2) is 0 Å². The Morgan fingerprint density at radius 1 is 1.41 bits per heavy atom. The number of hydrogen-bond acceptors (Lipinski definition) is 4. The number of benzene rings is 1. The summed E-state index contributed by atoms with van der Waals surface area (Å²) in [5.41, 5.74) is 0.878. The Morgan fingerprint density at radius 2 is 2.12 bits per heavy atom. The summed E-state index contributed by atoms with van der Waals surface area (Å²) < 4.78 is 0. The summed E-state index contributed by atoms with van der Waals surface area (Å²) in [6, 6.07) is 9.33. The summed E-state index contributed by atoms with van der Waals surface area (Å²) in [5.74, 6) is -0.810.